The number of aromatic nitrogens is 1. The second kappa shape index (κ2) is 7.79. The van der Waals surface area contributed by atoms with Crippen LogP contribution >= 0.6 is 11.3 Å². The van der Waals surface area contributed by atoms with Crippen molar-refractivity contribution in [3.8, 4) is 5.75 Å². The van der Waals surface area contributed by atoms with E-state index in [0.717, 1.165) is 35.8 Å². The number of amides is 1. The molecular weight excluding hydrogens is 320 g/mol. The van der Waals surface area contributed by atoms with Gasteiger partial charge in [0.15, 0.2) is 0 Å². The smallest absolute Gasteiger partial charge is 0.226 e. The Morgan fingerprint density at radius 2 is 2.08 bits per heavy atom. The maximum atomic E-state index is 12.4. The van der Waals surface area contributed by atoms with Crippen molar-refractivity contribution in [2.24, 2.45) is 11.8 Å². The van der Waals surface area contributed by atoms with Crippen molar-refractivity contribution in [3.63, 3.8) is 0 Å². The number of hydrogen-bond donors (Lipinski definition) is 0. The van der Waals surface area contributed by atoms with Crippen LogP contribution in [0.2, 0.25) is 0 Å². The van der Waals surface area contributed by atoms with Gasteiger partial charge < -0.3 is 9.64 Å². The molecule has 0 aliphatic heterocycles. The van der Waals surface area contributed by atoms with Crippen molar-refractivity contribution in [1.29, 1.82) is 0 Å². The Balaban J connectivity index is 1.58. The summed E-state index contributed by atoms with van der Waals surface area (Å²) >= 11 is 1.59. The van der Waals surface area contributed by atoms with Crippen molar-refractivity contribution < 1.29 is 9.53 Å². The van der Waals surface area contributed by atoms with Crippen molar-refractivity contribution in [2.75, 3.05) is 6.54 Å². The topological polar surface area (TPSA) is 42.4 Å². The average Bonchev–Trinajstić information content (AvgIpc) is 3.33. The summed E-state index contributed by atoms with van der Waals surface area (Å²) in [5, 5.41) is 2.98. The van der Waals surface area contributed by atoms with Gasteiger partial charge in [0.05, 0.1) is 12.2 Å². The summed E-state index contributed by atoms with van der Waals surface area (Å²) in [6.07, 6.45) is 2.08. The highest BCUT2D eigenvalue weighted by atomic mass is 32.1. The number of carbonyl (C=O) groups excluding carboxylic acids is 1. The highest BCUT2D eigenvalue weighted by Crippen LogP contribution is 2.32. The Kier molecular flexibility index (Phi) is 5.51. The van der Waals surface area contributed by atoms with Crippen molar-refractivity contribution in [3.05, 3.63) is 46.4 Å². The fourth-order valence-corrected chi connectivity index (χ4v) is 3.30. The van der Waals surface area contributed by atoms with Crippen LogP contribution in [0.25, 0.3) is 0 Å². The first-order valence-electron chi connectivity index (χ1n) is 8.51. The Hall–Kier alpha value is -1.88. The van der Waals surface area contributed by atoms with Gasteiger partial charge in [-0.15, -0.1) is 11.3 Å². The zero-order valence-corrected chi connectivity index (χ0v) is 15.1. The van der Waals surface area contributed by atoms with Gasteiger partial charge in [0.25, 0.3) is 0 Å². The molecule has 1 fully saturated rings. The van der Waals surface area contributed by atoms with Crippen LogP contribution in [0.5, 0.6) is 5.75 Å². The van der Waals surface area contributed by atoms with Crippen LogP contribution in [-0.4, -0.2) is 22.3 Å². The van der Waals surface area contributed by atoms with Gasteiger partial charge in [-0.3, -0.25) is 4.79 Å². The molecule has 0 saturated heterocycles. The first kappa shape index (κ1) is 17.0. The van der Waals surface area contributed by atoms with E-state index in [1.807, 2.05) is 40.6 Å². The van der Waals surface area contributed by atoms with E-state index in [9.17, 15) is 4.79 Å². The van der Waals surface area contributed by atoms with E-state index in [2.05, 4.69) is 18.8 Å². The summed E-state index contributed by atoms with van der Waals surface area (Å²) in [5.41, 5.74) is 0.960. The van der Waals surface area contributed by atoms with Crippen LogP contribution in [0.15, 0.2) is 35.7 Å². The summed E-state index contributed by atoms with van der Waals surface area (Å²) < 4.78 is 5.74. The van der Waals surface area contributed by atoms with E-state index >= 15 is 0 Å². The predicted molar refractivity (Wildman–Crippen MR) is 95.9 cm³/mol. The Morgan fingerprint density at radius 1 is 1.33 bits per heavy atom. The van der Waals surface area contributed by atoms with Crippen molar-refractivity contribution in [2.45, 2.75) is 39.8 Å². The van der Waals surface area contributed by atoms with Crippen LogP contribution in [0.3, 0.4) is 0 Å². The lowest BCUT2D eigenvalue weighted by Gasteiger charge is -2.23. The minimum atomic E-state index is 0.253. The summed E-state index contributed by atoms with van der Waals surface area (Å²) in [6.45, 7) is 6.16. The van der Waals surface area contributed by atoms with Crippen LogP contribution in [0, 0.1) is 11.8 Å². The van der Waals surface area contributed by atoms with Crippen LogP contribution < -0.4 is 4.74 Å². The molecule has 1 aromatic heterocycles. The molecule has 1 aliphatic rings. The minimum absolute atomic E-state index is 0.253. The largest absolute Gasteiger partial charge is 0.486 e. The molecule has 3 rings (SSSR count). The van der Waals surface area contributed by atoms with Gasteiger partial charge in [-0.25, -0.2) is 4.98 Å². The molecule has 1 heterocycles. The molecular formula is C19H24N2O2S. The molecule has 2 aromatic rings. The lowest BCUT2D eigenvalue weighted by molar-refractivity contribution is -0.133. The van der Waals surface area contributed by atoms with E-state index in [1.165, 1.54) is 0 Å². The Morgan fingerprint density at radius 3 is 2.75 bits per heavy atom. The standard InChI is InChI=1S/C19H24N2O2S/c1-14(2)10-21(19(22)15-8-9-15)11-16-13-24-18(20-16)12-23-17-6-4-3-5-7-17/h3-7,13-15H,8-12H2,1-2H3. The highest BCUT2D eigenvalue weighted by Gasteiger charge is 2.33. The molecule has 4 nitrogen and oxygen atoms in total. The second-order valence-electron chi connectivity index (χ2n) is 6.72. The van der Waals surface area contributed by atoms with Gasteiger partial charge in [-0.05, 0) is 30.9 Å². The first-order chi connectivity index (χ1) is 11.6. The quantitative estimate of drug-likeness (QED) is 0.723. The molecule has 0 atom stereocenters. The fourth-order valence-electron chi connectivity index (χ4n) is 2.61. The molecule has 1 aromatic carbocycles. The van der Waals surface area contributed by atoms with Gasteiger partial charge in [-0.2, -0.15) is 0 Å². The number of thiazole rings is 1. The Labute approximate surface area is 147 Å². The second-order valence-corrected chi connectivity index (χ2v) is 7.66. The van der Waals surface area contributed by atoms with E-state index in [0.29, 0.717) is 25.0 Å². The summed E-state index contributed by atoms with van der Waals surface area (Å²) in [5.74, 6) is 1.86. The zero-order chi connectivity index (χ0) is 16.9. The third-order valence-corrected chi connectivity index (χ3v) is 4.75. The molecule has 0 N–H and O–H groups in total. The van der Waals surface area contributed by atoms with E-state index in [-0.39, 0.29) is 5.92 Å². The number of nitrogens with zero attached hydrogens (tertiary/aromatic N) is 2. The summed E-state index contributed by atoms with van der Waals surface area (Å²) in [4.78, 5) is 19.0. The third-order valence-electron chi connectivity index (χ3n) is 3.88. The van der Waals surface area contributed by atoms with Gasteiger partial charge in [0, 0.05) is 17.8 Å². The fraction of sp³-hybridized carbons (Fsp3) is 0.474. The van der Waals surface area contributed by atoms with Gasteiger partial charge in [-0.1, -0.05) is 32.0 Å². The molecule has 1 amide bonds. The van der Waals surface area contributed by atoms with Gasteiger partial charge in [0.2, 0.25) is 5.91 Å². The molecule has 24 heavy (non-hydrogen) atoms. The minimum Gasteiger partial charge on any atom is -0.486 e. The monoisotopic (exact) mass is 344 g/mol. The molecule has 0 radical (unpaired) electrons. The number of carbonyl (C=O) groups is 1. The number of rotatable bonds is 8. The molecule has 0 spiro atoms. The molecule has 0 unspecified atom stereocenters. The first-order valence-corrected chi connectivity index (χ1v) is 9.39. The van der Waals surface area contributed by atoms with Gasteiger partial charge >= 0.3 is 0 Å². The summed E-state index contributed by atoms with van der Waals surface area (Å²) in [6, 6.07) is 9.75. The van der Waals surface area contributed by atoms with E-state index < -0.39 is 0 Å². The van der Waals surface area contributed by atoms with Crippen LogP contribution in [0.1, 0.15) is 37.4 Å². The summed E-state index contributed by atoms with van der Waals surface area (Å²) in [7, 11) is 0. The van der Waals surface area contributed by atoms with E-state index in [1.54, 1.807) is 11.3 Å². The van der Waals surface area contributed by atoms with E-state index in [4.69, 9.17) is 4.74 Å². The average molecular weight is 344 g/mol. The lowest BCUT2D eigenvalue weighted by atomic mass is 10.2. The van der Waals surface area contributed by atoms with Crippen molar-refractivity contribution >= 4 is 17.2 Å². The third kappa shape index (κ3) is 4.81. The normalized spacial score (nSPS) is 14.0. The SMILES string of the molecule is CC(C)CN(Cc1csc(COc2ccccc2)n1)C(=O)C1CC1. The lowest BCUT2D eigenvalue weighted by Crippen LogP contribution is -2.34. The Bertz CT molecular complexity index is 665. The molecule has 1 aliphatic carbocycles. The maximum absolute atomic E-state index is 12.4. The van der Waals surface area contributed by atoms with Gasteiger partial charge in [0.1, 0.15) is 17.4 Å². The number of ether oxygens (including phenoxy) is 1. The number of benzene rings is 1. The molecule has 0 bridgehead atoms. The molecule has 5 heteroatoms. The highest BCUT2D eigenvalue weighted by molar-refractivity contribution is 7.09. The predicted octanol–water partition coefficient (Wildman–Crippen LogP) is 4.12. The molecule has 128 valence electrons. The maximum Gasteiger partial charge on any atom is 0.226 e. The number of hydrogen-bond acceptors (Lipinski definition) is 4. The van der Waals surface area contributed by atoms with Crippen molar-refractivity contribution in [1.82, 2.24) is 9.88 Å². The van der Waals surface area contributed by atoms with Crippen LogP contribution in [0.4, 0.5) is 0 Å². The zero-order valence-electron chi connectivity index (χ0n) is 14.3. The number of para-hydroxylation sites is 1. The van der Waals surface area contributed by atoms with Crippen LogP contribution in [-0.2, 0) is 17.9 Å². The molecule has 1 saturated carbocycles.